The summed E-state index contributed by atoms with van der Waals surface area (Å²) in [4.78, 5) is 0. The van der Waals surface area contributed by atoms with Crippen LogP contribution in [0.3, 0.4) is 0 Å². The molecule has 1 unspecified atom stereocenters. The van der Waals surface area contributed by atoms with Crippen molar-refractivity contribution < 1.29 is 10.2 Å². The van der Waals surface area contributed by atoms with Gasteiger partial charge in [0, 0.05) is 10.0 Å². The second kappa shape index (κ2) is 4.63. The van der Waals surface area contributed by atoms with Gasteiger partial charge in [0.25, 0.3) is 0 Å². The van der Waals surface area contributed by atoms with Crippen molar-refractivity contribution >= 4 is 15.9 Å². The van der Waals surface area contributed by atoms with E-state index in [-0.39, 0.29) is 11.9 Å². The Morgan fingerprint density at radius 1 is 1.46 bits per heavy atom. The lowest BCUT2D eigenvalue weighted by Crippen LogP contribution is -2.01. The monoisotopic (exact) mass is 244 g/mol. The summed E-state index contributed by atoms with van der Waals surface area (Å²) in [5.41, 5.74) is 0.864. The second-order valence-corrected chi connectivity index (χ2v) is 3.98. The molecule has 1 atom stereocenters. The minimum absolute atomic E-state index is 0.287. The smallest absolute Gasteiger partial charge is 0.119 e. The Kier molecular flexibility index (Phi) is 3.75. The van der Waals surface area contributed by atoms with Crippen LogP contribution < -0.4 is 0 Å². The molecule has 0 radical (unpaired) electrons. The second-order valence-electron chi connectivity index (χ2n) is 3.13. The van der Waals surface area contributed by atoms with Crippen LogP contribution in [0.2, 0.25) is 0 Å². The topological polar surface area (TPSA) is 40.5 Å². The zero-order chi connectivity index (χ0) is 9.84. The molecule has 0 amide bonds. The molecule has 0 fully saturated rings. The number of rotatable bonds is 3. The van der Waals surface area contributed by atoms with E-state index in [0.29, 0.717) is 12.8 Å². The fourth-order valence-electron chi connectivity index (χ4n) is 1.15. The van der Waals surface area contributed by atoms with Crippen molar-refractivity contribution in [2.24, 2.45) is 0 Å². The lowest BCUT2D eigenvalue weighted by atomic mass is 10.1. The van der Waals surface area contributed by atoms with Crippen molar-refractivity contribution in [3.05, 3.63) is 28.2 Å². The number of benzene rings is 1. The molecule has 0 aliphatic carbocycles. The van der Waals surface area contributed by atoms with E-state index in [4.69, 9.17) is 5.11 Å². The third-order valence-electron chi connectivity index (χ3n) is 1.91. The Morgan fingerprint density at radius 3 is 2.69 bits per heavy atom. The summed E-state index contributed by atoms with van der Waals surface area (Å²) in [5.74, 6) is 0.287. The molecule has 0 spiro atoms. The van der Waals surface area contributed by atoms with Gasteiger partial charge in [0.2, 0.25) is 0 Å². The van der Waals surface area contributed by atoms with Gasteiger partial charge in [-0.3, -0.25) is 0 Å². The summed E-state index contributed by atoms with van der Waals surface area (Å²) in [7, 11) is 0. The summed E-state index contributed by atoms with van der Waals surface area (Å²) in [6.07, 6.45) is 1.02. The fourth-order valence-corrected chi connectivity index (χ4v) is 1.70. The van der Waals surface area contributed by atoms with Gasteiger partial charge in [0.1, 0.15) is 5.75 Å². The zero-order valence-corrected chi connectivity index (χ0v) is 9.08. The van der Waals surface area contributed by atoms with Crippen LogP contribution >= 0.6 is 15.9 Å². The first-order valence-corrected chi connectivity index (χ1v) is 5.05. The van der Waals surface area contributed by atoms with Crippen molar-refractivity contribution in [3.63, 3.8) is 0 Å². The highest BCUT2D eigenvalue weighted by atomic mass is 79.9. The molecular formula is C10H13BrO2. The van der Waals surface area contributed by atoms with Crippen LogP contribution in [0.4, 0.5) is 0 Å². The quantitative estimate of drug-likeness (QED) is 0.858. The lowest BCUT2D eigenvalue weighted by molar-refractivity contribution is 0.184. The number of aromatic hydroxyl groups is 1. The Bertz CT molecular complexity index is 264. The molecule has 0 saturated heterocycles. The third kappa shape index (κ3) is 3.01. The molecule has 1 aromatic rings. The Hall–Kier alpha value is -0.540. The van der Waals surface area contributed by atoms with E-state index in [0.717, 1.165) is 10.0 Å². The highest BCUT2D eigenvalue weighted by Gasteiger charge is 2.06. The highest BCUT2D eigenvalue weighted by Crippen LogP contribution is 2.27. The first kappa shape index (κ1) is 10.5. The average Bonchev–Trinajstić information content (AvgIpc) is 2.03. The third-order valence-corrected chi connectivity index (χ3v) is 2.65. The van der Waals surface area contributed by atoms with Gasteiger partial charge in [-0.25, -0.2) is 0 Å². The van der Waals surface area contributed by atoms with Crippen LogP contribution in [0.1, 0.15) is 18.9 Å². The lowest BCUT2D eigenvalue weighted by Gasteiger charge is -2.08. The van der Waals surface area contributed by atoms with Gasteiger partial charge in [-0.05, 0) is 31.9 Å². The summed E-state index contributed by atoms with van der Waals surface area (Å²) in [6, 6.07) is 5.32. The van der Waals surface area contributed by atoms with E-state index >= 15 is 0 Å². The molecule has 3 heteroatoms. The fraction of sp³-hybridized carbons (Fsp3) is 0.400. The molecule has 0 aliphatic heterocycles. The predicted octanol–water partition coefficient (Wildman–Crippen LogP) is 2.47. The van der Waals surface area contributed by atoms with Gasteiger partial charge >= 0.3 is 0 Å². The minimum atomic E-state index is -0.327. The predicted molar refractivity (Wildman–Crippen MR) is 55.8 cm³/mol. The molecule has 0 bridgehead atoms. The van der Waals surface area contributed by atoms with Gasteiger partial charge < -0.3 is 10.2 Å². The number of aliphatic hydroxyl groups is 1. The van der Waals surface area contributed by atoms with Crippen LogP contribution in [0.15, 0.2) is 22.7 Å². The number of phenols is 1. The summed E-state index contributed by atoms with van der Waals surface area (Å²) < 4.78 is 0.896. The van der Waals surface area contributed by atoms with E-state index in [1.54, 1.807) is 19.1 Å². The van der Waals surface area contributed by atoms with Crippen molar-refractivity contribution in [1.29, 1.82) is 0 Å². The zero-order valence-electron chi connectivity index (χ0n) is 7.50. The van der Waals surface area contributed by atoms with Gasteiger partial charge in [0.15, 0.2) is 0 Å². The molecule has 1 rings (SSSR count). The summed E-state index contributed by atoms with van der Waals surface area (Å²) in [6.45, 7) is 1.74. The highest BCUT2D eigenvalue weighted by molar-refractivity contribution is 9.10. The molecule has 0 saturated carbocycles. The SMILES string of the molecule is CC(O)CCc1c(O)cccc1Br. The van der Waals surface area contributed by atoms with E-state index < -0.39 is 0 Å². The van der Waals surface area contributed by atoms with E-state index in [1.165, 1.54) is 0 Å². The maximum Gasteiger partial charge on any atom is 0.119 e. The van der Waals surface area contributed by atoms with Crippen LogP contribution in [0, 0.1) is 0 Å². The number of phenolic OH excluding ortho intramolecular Hbond substituents is 1. The average molecular weight is 245 g/mol. The molecule has 0 aromatic heterocycles. The van der Waals surface area contributed by atoms with Crippen molar-refractivity contribution in [1.82, 2.24) is 0 Å². The first-order valence-electron chi connectivity index (χ1n) is 4.25. The minimum Gasteiger partial charge on any atom is -0.508 e. The van der Waals surface area contributed by atoms with Crippen LogP contribution in [0.5, 0.6) is 5.75 Å². The first-order chi connectivity index (χ1) is 6.11. The van der Waals surface area contributed by atoms with Crippen LogP contribution in [-0.4, -0.2) is 16.3 Å². The largest absolute Gasteiger partial charge is 0.508 e. The van der Waals surface area contributed by atoms with Crippen molar-refractivity contribution in [2.45, 2.75) is 25.9 Å². The molecule has 2 nitrogen and oxygen atoms in total. The molecule has 2 N–H and O–H groups in total. The van der Waals surface area contributed by atoms with Gasteiger partial charge in [0.05, 0.1) is 6.10 Å². The summed E-state index contributed by atoms with van der Waals surface area (Å²) in [5, 5.41) is 18.6. The summed E-state index contributed by atoms with van der Waals surface area (Å²) >= 11 is 3.36. The maximum atomic E-state index is 9.49. The van der Waals surface area contributed by atoms with Crippen molar-refractivity contribution in [3.8, 4) is 5.75 Å². The van der Waals surface area contributed by atoms with Gasteiger partial charge in [-0.2, -0.15) is 0 Å². The standard InChI is InChI=1S/C10H13BrO2/c1-7(12)5-6-8-9(11)3-2-4-10(8)13/h2-4,7,12-13H,5-6H2,1H3. The number of hydrogen-bond acceptors (Lipinski definition) is 2. The Balaban J connectivity index is 2.75. The van der Waals surface area contributed by atoms with Crippen LogP contribution in [0.25, 0.3) is 0 Å². The molecule has 1 aromatic carbocycles. The number of aliphatic hydroxyl groups excluding tert-OH is 1. The van der Waals surface area contributed by atoms with Gasteiger partial charge in [-0.15, -0.1) is 0 Å². The molecule has 13 heavy (non-hydrogen) atoms. The van der Waals surface area contributed by atoms with E-state index in [1.807, 2.05) is 6.07 Å². The molecule has 72 valence electrons. The molecule has 0 heterocycles. The van der Waals surface area contributed by atoms with E-state index in [9.17, 15) is 5.11 Å². The Labute approximate surface area is 86.3 Å². The number of hydrogen-bond donors (Lipinski definition) is 2. The van der Waals surface area contributed by atoms with Gasteiger partial charge in [-0.1, -0.05) is 22.0 Å². The molecule has 0 aliphatic rings. The van der Waals surface area contributed by atoms with E-state index in [2.05, 4.69) is 15.9 Å². The maximum absolute atomic E-state index is 9.49. The van der Waals surface area contributed by atoms with Crippen molar-refractivity contribution in [2.75, 3.05) is 0 Å². The number of halogens is 1. The Morgan fingerprint density at radius 2 is 2.15 bits per heavy atom. The normalized spacial score (nSPS) is 12.8. The molecular weight excluding hydrogens is 232 g/mol. The van der Waals surface area contributed by atoms with Crippen LogP contribution in [-0.2, 0) is 6.42 Å².